The topological polar surface area (TPSA) is 19.9 Å². The highest BCUT2D eigenvalue weighted by molar-refractivity contribution is 4.88. The van der Waals surface area contributed by atoms with Crippen LogP contribution in [0.1, 0.15) is 32.1 Å². The molecule has 9 heavy (non-hydrogen) atoms. The number of rotatable bonds is 0. The lowest BCUT2D eigenvalue weighted by Gasteiger charge is -2.22. The third kappa shape index (κ3) is 0.787. The summed E-state index contributed by atoms with van der Waals surface area (Å²) >= 11 is 0. The molecule has 1 radical (unpaired) electrons. The van der Waals surface area contributed by atoms with E-state index in [0.717, 1.165) is 0 Å². The Kier molecular flexibility index (Phi) is 1.26. The molecule has 0 saturated heterocycles. The predicted molar refractivity (Wildman–Crippen MR) is 34.5 cm³/mol. The van der Waals surface area contributed by atoms with Crippen LogP contribution in [0.2, 0.25) is 0 Å². The Bertz CT molecular complexity index is 95.1. The first-order valence-electron chi connectivity index (χ1n) is 4.04. The molecule has 2 rings (SSSR count). The molecule has 1 nitrogen and oxygen atoms in total. The van der Waals surface area contributed by atoms with Gasteiger partial charge in [0.2, 0.25) is 0 Å². The van der Waals surface area contributed by atoms with Crippen molar-refractivity contribution in [2.75, 3.05) is 0 Å². The highest BCUT2D eigenvalue weighted by atomic mass is 16.3. The van der Waals surface area contributed by atoms with Gasteiger partial charge in [0.25, 0.3) is 0 Å². The lowest BCUT2D eigenvalue weighted by atomic mass is 9.86. The fourth-order valence-corrected chi connectivity index (χ4v) is 2.40. The van der Waals surface area contributed by atoms with Crippen molar-refractivity contribution in [3.63, 3.8) is 0 Å². The van der Waals surface area contributed by atoms with Gasteiger partial charge in [0.15, 0.2) is 0 Å². The van der Waals surface area contributed by atoms with Crippen molar-refractivity contribution in [2.45, 2.75) is 38.2 Å². The largest absolute Gasteiger partial charge is 0.233 e. The van der Waals surface area contributed by atoms with Crippen molar-refractivity contribution in [3.05, 3.63) is 0 Å². The van der Waals surface area contributed by atoms with Crippen molar-refractivity contribution in [3.8, 4) is 0 Å². The predicted octanol–water partition coefficient (Wildman–Crippen LogP) is 2.00. The Morgan fingerprint density at radius 1 is 0.889 bits per heavy atom. The third-order valence-corrected chi connectivity index (χ3v) is 2.99. The maximum absolute atomic E-state index is 11.3. The van der Waals surface area contributed by atoms with Crippen LogP contribution in [0, 0.1) is 11.8 Å². The van der Waals surface area contributed by atoms with Crippen LogP contribution in [0.15, 0.2) is 0 Å². The molecular formula is C8H13O. The summed E-state index contributed by atoms with van der Waals surface area (Å²) in [6.07, 6.45) is 6.08. The maximum Gasteiger partial charge on any atom is 0.0986 e. The summed E-state index contributed by atoms with van der Waals surface area (Å²) in [5.74, 6) is 1.15. The van der Waals surface area contributed by atoms with Gasteiger partial charge in [-0.1, -0.05) is 6.42 Å². The van der Waals surface area contributed by atoms with E-state index in [9.17, 15) is 5.11 Å². The van der Waals surface area contributed by atoms with Gasteiger partial charge >= 0.3 is 0 Å². The minimum absolute atomic E-state index is 0.168. The van der Waals surface area contributed by atoms with Crippen molar-refractivity contribution in [2.24, 2.45) is 11.8 Å². The molecule has 2 atom stereocenters. The lowest BCUT2D eigenvalue weighted by Crippen LogP contribution is -2.23. The lowest BCUT2D eigenvalue weighted by molar-refractivity contribution is -0.000782. The molecule has 2 aliphatic rings. The second-order valence-corrected chi connectivity index (χ2v) is 3.49. The van der Waals surface area contributed by atoms with Gasteiger partial charge in [-0.2, -0.15) is 0 Å². The average Bonchev–Trinajstić information content (AvgIpc) is 2.19. The zero-order valence-electron chi connectivity index (χ0n) is 5.68. The van der Waals surface area contributed by atoms with Crippen LogP contribution in [0.5, 0.6) is 0 Å². The minimum Gasteiger partial charge on any atom is -0.233 e. The number of hydrogen-bond acceptors (Lipinski definition) is 0. The van der Waals surface area contributed by atoms with Crippen LogP contribution in [0.3, 0.4) is 0 Å². The van der Waals surface area contributed by atoms with Crippen LogP contribution >= 0.6 is 0 Å². The second kappa shape index (κ2) is 1.98. The summed E-state index contributed by atoms with van der Waals surface area (Å²) in [7, 11) is 0. The van der Waals surface area contributed by atoms with Crippen molar-refractivity contribution < 1.29 is 5.11 Å². The molecule has 2 saturated carbocycles. The summed E-state index contributed by atoms with van der Waals surface area (Å²) in [5, 5.41) is 11.3. The minimum atomic E-state index is -0.168. The Labute approximate surface area is 56.1 Å². The number of fused-ring (bicyclic) bond motifs is 2. The van der Waals surface area contributed by atoms with Gasteiger partial charge in [-0.25, -0.2) is 5.11 Å². The Morgan fingerprint density at radius 3 is 1.89 bits per heavy atom. The molecule has 0 aromatic heterocycles. The quantitative estimate of drug-likeness (QED) is 0.472. The van der Waals surface area contributed by atoms with E-state index in [1.165, 1.54) is 32.1 Å². The van der Waals surface area contributed by atoms with Crippen molar-refractivity contribution in [1.29, 1.82) is 0 Å². The van der Waals surface area contributed by atoms with Crippen LogP contribution in [-0.2, 0) is 5.11 Å². The Morgan fingerprint density at radius 2 is 1.44 bits per heavy atom. The van der Waals surface area contributed by atoms with E-state index >= 15 is 0 Å². The molecule has 0 N–H and O–H groups in total. The van der Waals surface area contributed by atoms with E-state index in [1.807, 2.05) is 0 Å². The zero-order valence-corrected chi connectivity index (χ0v) is 5.68. The molecule has 0 amide bonds. The number of hydrogen-bond donors (Lipinski definition) is 0. The summed E-state index contributed by atoms with van der Waals surface area (Å²) in [6.45, 7) is 0. The van der Waals surface area contributed by atoms with Gasteiger partial charge < -0.3 is 0 Å². The molecule has 1 heteroatoms. The van der Waals surface area contributed by atoms with Gasteiger partial charge in [0, 0.05) is 0 Å². The first kappa shape index (κ1) is 5.72. The molecule has 2 bridgehead atoms. The van der Waals surface area contributed by atoms with Crippen LogP contribution < -0.4 is 0 Å². The molecule has 2 unspecified atom stereocenters. The van der Waals surface area contributed by atoms with E-state index in [4.69, 9.17) is 0 Å². The normalized spacial score (nSPS) is 49.7. The molecule has 2 aliphatic carbocycles. The van der Waals surface area contributed by atoms with Gasteiger partial charge in [-0.05, 0) is 37.5 Å². The van der Waals surface area contributed by atoms with E-state index in [0.29, 0.717) is 11.8 Å². The second-order valence-electron chi connectivity index (χ2n) is 3.49. The smallest absolute Gasteiger partial charge is 0.0986 e. The van der Waals surface area contributed by atoms with Crippen LogP contribution in [0.4, 0.5) is 0 Å². The SMILES string of the molecule is [O]C1C2CCCC1CC2. The summed E-state index contributed by atoms with van der Waals surface area (Å²) in [6, 6.07) is 0. The molecular weight excluding hydrogens is 112 g/mol. The summed E-state index contributed by atoms with van der Waals surface area (Å²) in [4.78, 5) is 0. The van der Waals surface area contributed by atoms with E-state index < -0.39 is 0 Å². The van der Waals surface area contributed by atoms with Gasteiger partial charge in [-0.3, -0.25) is 0 Å². The highest BCUT2D eigenvalue weighted by Crippen LogP contribution is 2.42. The fourth-order valence-electron chi connectivity index (χ4n) is 2.40. The summed E-state index contributed by atoms with van der Waals surface area (Å²) < 4.78 is 0. The fraction of sp³-hybridized carbons (Fsp3) is 1.00. The Hall–Kier alpha value is -0.0400. The van der Waals surface area contributed by atoms with E-state index in [-0.39, 0.29) is 6.10 Å². The molecule has 0 spiro atoms. The van der Waals surface area contributed by atoms with Gasteiger partial charge in [0.05, 0.1) is 6.10 Å². The molecule has 0 aromatic rings. The van der Waals surface area contributed by atoms with Gasteiger partial charge in [0.1, 0.15) is 0 Å². The molecule has 0 heterocycles. The monoisotopic (exact) mass is 125 g/mol. The molecule has 2 fully saturated rings. The van der Waals surface area contributed by atoms with E-state index in [2.05, 4.69) is 0 Å². The standard InChI is InChI=1S/C8H13O/c9-8-6-2-1-3-7(8)5-4-6/h6-8H,1-5H2. The zero-order chi connectivity index (χ0) is 6.27. The van der Waals surface area contributed by atoms with E-state index in [1.54, 1.807) is 0 Å². The third-order valence-electron chi connectivity index (χ3n) is 2.99. The van der Waals surface area contributed by atoms with Crippen molar-refractivity contribution in [1.82, 2.24) is 0 Å². The average molecular weight is 125 g/mol. The van der Waals surface area contributed by atoms with Crippen LogP contribution in [0.25, 0.3) is 0 Å². The first-order chi connectivity index (χ1) is 4.38. The van der Waals surface area contributed by atoms with Crippen LogP contribution in [-0.4, -0.2) is 6.10 Å². The Balaban J connectivity index is 2.10. The summed E-state index contributed by atoms with van der Waals surface area (Å²) in [5.41, 5.74) is 0. The maximum atomic E-state index is 11.3. The molecule has 0 aliphatic heterocycles. The first-order valence-corrected chi connectivity index (χ1v) is 4.04. The molecule has 0 aromatic carbocycles. The highest BCUT2D eigenvalue weighted by Gasteiger charge is 2.38. The molecule has 51 valence electrons. The van der Waals surface area contributed by atoms with Crippen molar-refractivity contribution >= 4 is 0 Å². The van der Waals surface area contributed by atoms with Gasteiger partial charge in [-0.15, -0.1) is 0 Å².